The van der Waals surface area contributed by atoms with E-state index in [4.69, 9.17) is 0 Å². The Bertz CT molecular complexity index is 667. The molecule has 0 aliphatic carbocycles. The number of urea groups is 1. The molecule has 0 radical (unpaired) electrons. The van der Waals surface area contributed by atoms with E-state index in [1.54, 1.807) is 30.0 Å². The standard InChI is InChI=1S/C18H26N4O3/c1-12(16(24)21-18(2,3)4)19-17(25)20-13-8-5-6-9-14(13)22-11-7-10-15(22)23/h5-6,8-9,12H,7,10-11H2,1-4H3,(H,21,24)(H2,19,20,25)/t12-/m0/s1. The van der Waals surface area contributed by atoms with Crippen LogP contribution in [-0.2, 0) is 9.59 Å². The van der Waals surface area contributed by atoms with Crippen molar-refractivity contribution in [3.63, 3.8) is 0 Å². The van der Waals surface area contributed by atoms with Gasteiger partial charge in [0, 0.05) is 18.5 Å². The van der Waals surface area contributed by atoms with Gasteiger partial charge in [0.25, 0.3) is 0 Å². The quantitative estimate of drug-likeness (QED) is 0.781. The number of nitrogens with zero attached hydrogens (tertiary/aromatic N) is 1. The molecule has 4 amide bonds. The molecule has 7 heteroatoms. The summed E-state index contributed by atoms with van der Waals surface area (Å²) >= 11 is 0. The largest absolute Gasteiger partial charge is 0.350 e. The second kappa shape index (κ2) is 7.55. The van der Waals surface area contributed by atoms with E-state index in [1.165, 1.54) is 0 Å². The number of rotatable bonds is 4. The molecule has 1 saturated heterocycles. The number of nitrogens with one attached hydrogen (secondary N) is 3. The number of para-hydroxylation sites is 2. The number of amides is 4. The fourth-order valence-electron chi connectivity index (χ4n) is 2.62. The van der Waals surface area contributed by atoms with Gasteiger partial charge in [-0.25, -0.2) is 4.79 Å². The van der Waals surface area contributed by atoms with E-state index < -0.39 is 12.1 Å². The Kier molecular flexibility index (Phi) is 5.66. The average Bonchev–Trinajstić information content (AvgIpc) is 2.92. The molecular weight excluding hydrogens is 320 g/mol. The van der Waals surface area contributed by atoms with Crippen LogP contribution >= 0.6 is 0 Å². The summed E-state index contributed by atoms with van der Waals surface area (Å²) in [6.45, 7) is 7.89. The molecular formula is C18H26N4O3. The molecule has 1 heterocycles. The number of benzene rings is 1. The molecule has 0 saturated carbocycles. The lowest BCUT2D eigenvalue weighted by Gasteiger charge is -2.24. The first-order chi connectivity index (χ1) is 11.7. The Morgan fingerprint density at radius 3 is 2.48 bits per heavy atom. The van der Waals surface area contributed by atoms with Crippen molar-refractivity contribution in [2.45, 2.75) is 52.1 Å². The van der Waals surface area contributed by atoms with Crippen molar-refractivity contribution in [1.82, 2.24) is 10.6 Å². The number of carbonyl (C=O) groups excluding carboxylic acids is 3. The number of carbonyl (C=O) groups is 3. The van der Waals surface area contributed by atoms with Gasteiger partial charge in [-0.1, -0.05) is 12.1 Å². The molecule has 1 aliphatic rings. The van der Waals surface area contributed by atoms with E-state index in [1.807, 2.05) is 26.8 Å². The van der Waals surface area contributed by atoms with Gasteiger partial charge in [-0.2, -0.15) is 0 Å². The molecule has 136 valence electrons. The maximum absolute atomic E-state index is 12.2. The summed E-state index contributed by atoms with van der Waals surface area (Å²) in [5.74, 6) is -0.210. The van der Waals surface area contributed by atoms with E-state index >= 15 is 0 Å². The summed E-state index contributed by atoms with van der Waals surface area (Å²) < 4.78 is 0. The smallest absolute Gasteiger partial charge is 0.319 e. The number of hydrogen-bond acceptors (Lipinski definition) is 3. The van der Waals surface area contributed by atoms with Crippen LogP contribution in [0, 0.1) is 0 Å². The average molecular weight is 346 g/mol. The van der Waals surface area contributed by atoms with E-state index in [-0.39, 0.29) is 17.4 Å². The second-order valence-electron chi connectivity index (χ2n) is 7.23. The first-order valence-corrected chi connectivity index (χ1v) is 8.46. The normalized spacial score (nSPS) is 15.7. The van der Waals surface area contributed by atoms with E-state index in [0.717, 1.165) is 6.42 Å². The highest BCUT2D eigenvalue weighted by Crippen LogP contribution is 2.29. The summed E-state index contributed by atoms with van der Waals surface area (Å²) in [5.41, 5.74) is 0.845. The van der Waals surface area contributed by atoms with Crippen LogP contribution in [0.4, 0.5) is 16.2 Å². The highest BCUT2D eigenvalue weighted by molar-refractivity contribution is 6.02. The Balaban J connectivity index is 2.01. The minimum Gasteiger partial charge on any atom is -0.350 e. The predicted molar refractivity (Wildman–Crippen MR) is 97.5 cm³/mol. The van der Waals surface area contributed by atoms with Crippen LogP contribution in [0.3, 0.4) is 0 Å². The molecule has 1 fully saturated rings. The Hall–Kier alpha value is -2.57. The van der Waals surface area contributed by atoms with Crippen molar-refractivity contribution < 1.29 is 14.4 Å². The number of hydrogen-bond donors (Lipinski definition) is 3. The topological polar surface area (TPSA) is 90.5 Å². The highest BCUT2D eigenvalue weighted by atomic mass is 16.2. The molecule has 0 unspecified atom stereocenters. The highest BCUT2D eigenvalue weighted by Gasteiger charge is 2.25. The zero-order valence-electron chi connectivity index (χ0n) is 15.2. The summed E-state index contributed by atoms with van der Waals surface area (Å²) in [6.07, 6.45) is 1.33. The van der Waals surface area contributed by atoms with Gasteiger partial charge in [-0.05, 0) is 46.2 Å². The molecule has 7 nitrogen and oxygen atoms in total. The summed E-state index contributed by atoms with van der Waals surface area (Å²) in [4.78, 5) is 37.9. The van der Waals surface area contributed by atoms with Gasteiger partial charge < -0.3 is 20.9 Å². The van der Waals surface area contributed by atoms with E-state index in [9.17, 15) is 14.4 Å². The molecule has 0 spiro atoms. The monoisotopic (exact) mass is 346 g/mol. The molecule has 0 aromatic heterocycles. The zero-order valence-corrected chi connectivity index (χ0v) is 15.2. The van der Waals surface area contributed by atoms with Crippen molar-refractivity contribution in [1.29, 1.82) is 0 Å². The van der Waals surface area contributed by atoms with Crippen molar-refractivity contribution in [3.8, 4) is 0 Å². The third-order valence-corrected chi connectivity index (χ3v) is 3.76. The first-order valence-electron chi connectivity index (χ1n) is 8.46. The van der Waals surface area contributed by atoms with Crippen LogP contribution < -0.4 is 20.9 Å². The van der Waals surface area contributed by atoms with Gasteiger partial charge in [-0.3, -0.25) is 9.59 Å². The van der Waals surface area contributed by atoms with Crippen LogP contribution in [-0.4, -0.2) is 36.0 Å². The first kappa shape index (κ1) is 18.8. The summed E-state index contributed by atoms with van der Waals surface area (Å²) in [5, 5.41) is 8.16. The molecule has 1 atom stereocenters. The molecule has 1 aromatic rings. The maximum atomic E-state index is 12.2. The van der Waals surface area contributed by atoms with Crippen molar-refractivity contribution in [2.24, 2.45) is 0 Å². The third kappa shape index (κ3) is 5.20. The summed E-state index contributed by atoms with van der Waals surface area (Å²) in [6, 6.07) is 5.98. The number of anilines is 2. The Labute approximate surface area is 148 Å². The van der Waals surface area contributed by atoms with Gasteiger partial charge in [0.15, 0.2) is 0 Å². The van der Waals surface area contributed by atoms with Gasteiger partial charge in [-0.15, -0.1) is 0 Å². The fourth-order valence-corrected chi connectivity index (χ4v) is 2.62. The Morgan fingerprint density at radius 2 is 1.88 bits per heavy atom. The molecule has 0 bridgehead atoms. The van der Waals surface area contributed by atoms with Crippen molar-refractivity contribution in [2.75, 3.05) is 16.8 Å². The second-order valence-corrected chi connectivity index (χ2v) is 7.23. The molecule has 1 aliphatic heterocycles. The van der Waals surface area contributed by atoms with Crippen molar-refractivity contribution in [3.05, 3.63) is 24.3 Å². The van der Waals surface area contributed by atoms with Crippen molar-refractivity contribution >= 4 is 29.2 Å². The van der Waals surface area contributed by atoms with E-state index in [0.29, 0.717) is 24.3 Å². The maximum Gasteiger partial charge on any atom is 0.319 e. The van der Waals surface area contributed by atoms with Crippen LogP contribution in [0.1, 0.15) is 40.5 Å². The molecule has 3 N–H and O–H groups in total. The van der Waals surface area contributed by atoms with Crippen LogP contribution in [0.2, 0.25) is 0 Å². The van der Waals surface area contributed by atoms with Crippen LogP contribution in [0.5, 0.6) is 0 Å². The third-order valence-electron chi connectivity index (χ3n) is 3.76. The van der Waals surface area contributed by atoms with Crippen LogP contribution in [0.25, 0.3) is 0 Å². The van der Waals surface area contributed by atoms with Gasteiger partial charge in [0.2, 0.25) is 11.8 Å². The van der Waals surface area contributed by atoms with Gasteiger partial charge >= 0.3 is 6.03 Å². The lowest BCUT2D eigenvalue weighted by molar-refractivity contribution is -0.124. The van der Waals surface area contributed by atoms with E-state index in [2.05, 4.69) is 16.0 Å². The predicted octanol–water partition coefficient (Wildman–Crippen LogP) is 2.24. The van der Waals surface area contributed by atoms with Gasteiger partial charge in [0.05, 0.1) is 11.4 Å². The zero-order chi connectivity index (χ0) is 18.6. The Morgan fingerprint density at radius 1 is 1.20 bits per heavy atom. The van der Waals surface area contributed by atoms with Gasteiger partial charge in [0.1, 0.15) is 6.04 Å². The molecule has 1 aromatic carbocycles. The SMILES string of the molecule is C[C@H](NC(=O)Nc1ccccc1N1CCCC1=O)C(=O)NC(C)(C)C. The molecule has 2 rings (SSSR count). The molecule has 25 heavy (non-hydrogen) atoms. The minimum atomic E-state index is -0.681. The van der Waals surface area contributed by atoms with Crippen LogP contribution in [0.15, 0.2) is 24.3 Å². The fraction of sp³-hybridized carbons (Fsp3) is 0.500. The lowest BCUT2D eigenvalue weighted by Crippen LogP contribution is -2.51. The minimum absolute atomic E-state index is 0.0487. The summed E-state index contributed by atoms with van der Waals surface area (Å²) in [7, 11) is 0. The lowest BCUT2D eigenvalue weighted by atomic mass is 10.1.